The predicted octanol–water partition coefficient (Wildman–Crippen LogP) is 2.89. The number of nitriles is 1. The normalized spacial score (nSPS) is 20.2. The summed E-state index contributed by atoms with van der Waals surface area (Å²) in [5.74, 6) is 2.19. The van der Waals surface area contributed by atoms with Crippen molar-refractivity contribution in [2.75, 3.05) is 25.0 Å². The second-order valence-electron chi connectivity index (χ2n) is 7.84. The summed E-state index contributed by atoms with van der Waals surface area (Å²) in [5.41, 5.74) is -0.0126. The molecule has 2 aliphatic rings. The largest absolute Gasteiger partial charge is 0.444 e. The zero-order chi connectivity index (χ0) is 18.0. The van der Waals surface area contributed by atoms with Gasteiger partial charge in [-0.25, -0.2) is 14.8 Å². The van der Waals surface area contributed by atoms with E-state index in [-0.39, 0.29) is 6.09 Å². The fourth-order valence-corrected chi connectivity index (χ4v) is 2.88. The van der Waals surface area contributed by atoms with E-state index in [1.54, 1.807) is 11.1 Å². The van der Waals surface area contributed by atoms with E-state index in [0.717, 1.165) is 25.1 Å². The monoisotopic (exact) mass is 343 g/mol. The van der Waals surface area contributed by atoms with Gasteiger partial charge in [-0.3, -0.25) is 0 Å². The van der Waals surface area contributed by atoms with E-state index in [2.05, 4.69) is 21.4 Å². The fraction of sp³-hybridized carbons (Fsp3) is 0.667. The molecule has 1 saturated heterocycles. The van der Waals surface area contributed by atoms with Gasteiger partial charge in [-0.1, -0.05) is 0 Å². The minimum Gasteiger partial charge on any atom is -0.444 e. The highest BCUT2D eigenvalue weighted by Gasteiger charge is 2.30. The molecule has 1 aromatic heterocycles. The second kappa shape index (κ2) is 6.87. The molecule has 0 bridgehead atoms. The lowest BCUT2D eigenvalue weighted by Gasteiger charge is -2.24. The van der Waals surface area contributed by atoms with Crippen molar-refractivity contribution < 1.29 is 9.53 Å². The molecule has 134 valence electrons. The van der Waals surface area contributed by atoms with Crippen LogP contribution in [0.5, 0.6) is 0 Å². The van der Waals surface area contributed by atoms with Crippen LogP contribution in [0, 0.1) is 17.2 Å². The van der Waals surface area contributed by atoms with Crippen LogP contribution < -0.4 is 5.32 Å². The van der Waals surface area contributed by atoms with Crippen LogP contribution in [0.15, 0.2) is 6.20 Å². The van der Waals surface area contributed by atoms with E-state index in [9.17, 15) is 10.1 Å². The molecule has 1 aliphatic carbocycles. The molecule has 0 spiro atoms. The third kappa shape index (κ3) is 4.59. The zero-order valence-electron chi connectivity index (χ0n) is 15.1. The highest BCUT2D eigenvalue weighted by atomic mass is 16.6. The molecule has 2 fully saturated rings. The topological polar surface area (TPSA) is 91.1 Å². The molecular weight excluding hydrogens is 318 g/mol. The lowest BCUT2D eigenvalue weighted by molar-refractivity contribution is 0.0289. The van der Waals surface area contributed by atoms with Gasteiger partial charge in [0.25, 0.3) is 0 Å². The number of anilines is 1. The molecule has 0 aromatic carbocycles. The van der Waals surface area contributed by atoms with Crippen LogP contribution in [0.2, 0.25) is 0 Å². The fourth-order valence-electron chi connectivity index (χ4n) is 2.88. The molecule has 1 atom stereocenters. The van der Waals surface area contributed by atoms with Crippen molar-refractivity contribution >= 4 is 11.9 Å². The SMILES string of the molecule is CC(C)(C)OC(=O)N1CC[C@H](CNc2nc(C3CC3)ncc2C#N)C1. The Kier molecular flexibility index (Phi) is 4.80. The number of hydrogen-bond acceptors (Lipinski definition) is 6. The van der Waals surface area contributed by atoms with Crippen molar-refractivity contribution in [3.63, 3.8) is 0 Å². The van der Waals surface area contributed by atoms with Gasteiger partial charge in [0.2, 0.25) is 0 Å². The van der Waals surface area contributed by atoms with Crippen molar-refractivity contribution in [1.29, 1.82) is 5.26 Å². The van der Waals surface area contributed by atoms with Crippen LogP contribution in [0.1, 0.15) is 57.3 Å². The lowest BCUT2D eigenvalue weighted by Crippen LogP contribution is -2.35. The maximum Gasteiger partial charge on any atom is 0.410 e. The van der Waals surface area contributed by atoms with Gasteiger partial charge in [-0.05, 0) is 46.0 Å². The van der Waals surface area contributed by atoms with Gasteiger partial charge in [0.1, 0.15) is 28.9 Å². The molecule has 1 N–H and O–H groups in total. The van der Waals surface area contributed by atoms with E-state index in [1.807, 2.05) is 20.8 Å². The molecule has 1 saturated carbocycles. The molecule has 0 unspecified atom stereocenters. The molecule has 1 amide bonds. The smallest absolute Gasteiger partial charge is 0.410 e. The minimum absolute atomic E-state index is 0.259. The van der Waals surface area contributed by atoms with Crippen LogP contribution in [-0.4, -0.2) is 46.2 Å². The molecule has 7 heteroatoms. The number of aromatic nitrogens is 2. The standard InChI is InChI=1S/C18H25N5O2/c1-18(2,3)25-17(24)23-7-6-12(11-23)9-20-16-14(8-19)10-21-15(22-16)13-4-5-13/h10,12-13H,4-7,9,11H2,1-3H3,(H,20,21,22)/t12-/m1/s1. The second-order valence-corrected chi connectivity index (χ2v) is 7.84. The number of amides is 1. The number of hydrogen-bond donors (Lipinski definition) is 1. The summed E-state index contributed by atoms with van der Waals surface area (Å²) in [6.45, 7) is 7.64. The Hall–Kier alpha value is -2.36. The Morgan fingerprint density at radius 1 is 1.44 bits per heavy atom. The molecule has 25 heavy (non-hydrogen) atoms. The van der Waals surface area contributed by atoms with Gasteiger partial charge in [0.15, 0.2) is 0 Å². The summed E-state index contributed by atoms with van der Waals surface area (Å²) in [7, 11) is 0. The Morgan fingerprint density at radius 2 is 2.20 bits per heavy atom. The van der Waals surface area contributed by atoms with E-state index >= 15 is 0 Å². The Balaban J connectivity index is 1.55. The van der Waals surface area contributed by atoms with Crippen molar-refractivity contribution in [2.24, 2.45) is 5.92 Å². The number of rotatable bonds is 4. The lowest BCUT2D eigenvalue weighted by atomic mass is 10.1. The third-order valence-corrected chi connectivity index (χ3v) is 4.37. The van der Waals surface area contributed by atoms with E-state index < -0.39 is 5.60 Å². The first-order valence-electron chi connectivity index (χ1n) is 8.84. The molecule has 3 rings (SSSR count). The summed E-state index contributed by atoms with van der Waals surface area (Å²) >= 11 is 0. The van der Waals surface area contributed by atoms with Gasteiger partial charge < -0.3 is 15.0 Å². The molecule has 7 nitrogen and oxygen atoms in total. The van der Waals surface area contributed by atoms with Gasteiger partial charge in [-0.2, -0.15) is 5.26 Å². The number of nitrogens with one attached hydrogen (secondary N) is 1. The maximum absolute atomic E-state index is 12.1. The van der Waals surface area contributed by atoms with Crippen molar-refractivity contribution in [2.45, 2.75) is 51.6 Å². The highest BCUT2D eigenvalue weighted by Crippen LogP contribution is 2.38. The van der Waals surface area contributed by atoms with Crippen LogP contribution in [0.3, 0.4) is 0 Å². The number of nitrogens with zero attached hydrogens (tertiary/aromatic N) is 4. The van der Waals surface area contributed by atoms with Gasteiger partial charge in [0, 0.05) is 25.6 Å². The first kappa shape index (κ1) is 17.5. The summed E-state index contributed by atoms with van der Waals surface area (Å²) in [6.07, 6.45) is 4.50. The Morgan fingerprint density at radius 3 is 2.84 bits per heavy atom. The first-order valence-corrected chi connectivity index (χ1v) is 8.84. The maximum atomic E-state index is 12.1. The van der Waals surface area contributed by atoms with Crippen LogP contribution in [0.4, 0.5) is 10.6 Å². The van der Waals surface area contributed by atoms with E-state index in [1.165, 1.54) is 0 Å². The first-order chi connectivity index (χ1) is 11.9. The third-order valence-electron chi connectivity index (χ3n) is 4.37. The summed E-state index contributed by atoms with van der Waals surface area (Å²) in [6, 6.07) is 2.14. The number of ether oxygens (including phenoxy) is 1. The molecule has 2 heterocycles. The summed E-state index contributed by atoms with van der Waals surface area (Å²) in [4.78, 5) is 22.7. The average molecular weight is 343 g/mol. The quantitative estimate of drug-likeness (QED) is 0.904. The van der Waals surface area contributed by atoms with Crippen LogP contribution in [0.25, 0.3) is 0 Å². The van der Waals surface area contributed by atoms with E-state index in [0.29, 0.717) is 42.9 Å². The zero-order valence-corrected chi connectivity index (χ0v) is 15.1. The molecule has 1 aliphatic heterocycles. The van der Waals surface area contributed by atoms with Gasteiger partial charge in [-0.15, -0.1) is 0 Å². The number of carbonyl (C=O) groups is 1. The summed E-state index contributed by atoms with van der Waals surface area (Å²) in [5, 5.41) is 12.5. The van der Waals surface area contributed by atoms with Crippen molar-refractivity contribution in [1.82, 2.24) is 14.9 Å². The summed E-state index contributed by atoms with van der Waals surface area (Å²) < 4.78 is 5.42. The van der Waals surface area contributed by atoms with E-state index in [4.69, 9.17) is 4.74 Å². The Labute approximate surface area is 148 Å². The van der Waals surface area contributed by atoms with Gasteiger partial charge in [0.05, 0.1) is 6.20 Å². The Bertz CT molecular complexity index is 688. The van der Waals surface area contributed by atoms with Crippen molar-refractivity contribution in [3.05, 3.63) is 17.6 Å². The number of likely N-dealkylation sites (tertiary alicyclic amines) is 1. The van der Waals surface area contributed by atoms with Crippen LogP contribution in [-0.2, 0) is 4.74 Å². The van der Waals surface area contributed by atoms with Crippen molar-refractivity contribution in [3.8, 4) is 6.07 Å². The molecule has 0 radical (unpaired) electrons. The highest BCUT2D eigenvalue weighted by molar-refractivity contribution is 5.68. The number of carbonyl (C=O) groups excluding carboxylic acids is 1. The predicted molar refractivity (Wildman–Crippen MR) is 93.1 cm³/mol. The minimum atomic E-state index is -0.477. The average Bonchev–Trinajstić information content (AvgIpc) is 3.29. The van der Waals surface area contributed by atoms with Crippen LogP contribution >= 0.6 is 0 Å². The molecular formula is C18H25N5O2. The van der Waals surface area contributed by atoms with Gasteiger partial charge >= 0.3 is 6.09 Å². The molecule has 1 aromatic rings.